The molecule has 40 heavy (non-hydrogen) atoms. The third-order valence-electron chi connectivity index (χ3n) is 5.89. The molecule has 0 aliphatic heterocycles. The maximum absolute atomic E-state index is 15.4. The highest BCUT2D eigenvalue weighted by Crippen LogP contribution is 2.21. The first-order chi connectivity index (χ1) is 19.3. The first kappa shape index (κ1) is 28.4. The molecule has 1 N–H and O–H groups in total. The minimum Gasteiger partial charge on any atom is -0.501 e. The summed E-state index contributed by atoms with van der Waals surface area (Å²) in [6.45, 7) is 6.18. The van der Waals surface area contributed by atoms with Gasteiger partial charge in [-0.3, -0.25) is 9.36 Å². The van der Waals surface area contributed by atoms with Crippen LogP contribution in [0.5, 0.6) is 0 Å². The van der Waals surface area contributed by atoms with Crippen LogP contribution in [0.2, 0.25) is 0 Å². The molecule has 11 heteroatoms. The van der Waals surface area contributed by atoms with E-state index in [1.54, 1.807) is 26.8 Å². The zero-order valence-corrected chi connectivity index (χ0v) is 22.4. The number of carbonyl (C=O) groups excluding carboxylic acids is 1. The number of pyridine rings is 1. The maximum atomic E-state index is 15.4. The number of rotatable bonds is 11. The van der Waals surface area contributed by atoms with E-state index in [4.69, 9.17) is 9.47 Å². The summed E-state index contributed by atoms with van der Waals surface area (Å²) in [5.41, 5.74) is 0.799. The molecule has 0 aliphatic rings. The highest BCUT2D eigenvalue weighted by atomic mass is 19.1. The largest absolute Gasteiger partial charge is 0.501 e. The van der Waals surface area contributed by atoms with Crippen LogP contribution in [0, 0.1) is 18.6 Å². The Bertz CT molecular complexity index is 1580. The number of benzene rings is 2. The van der Waals surface area contributed by atoms with Crippen LogP contribution in [0.25, 0.3) is 11.9 Å². The second kappa shape index (κ2) is 12.9. The van der Waals surface area contributed by atoms with Crippen LogP contribution in [0.4, 0.5) is 14.5 Å². The molecule has 0 radical (unpaired) electrons. The number of hydrogen-bond acceptors (Lipinski definition) is 6. The fraction of sp³-hybridized carbons (Fsp3) is 0.241. The van der Waals surface area contributed by atoms with E-state index >= 15 is 4.39 Å². The second-order valence-corrected chi connectivity index (χ2v) is 8.76. The van der Waals surface area contributed by atoms with Gasteiger partial charge in [0.15, 0.2) is 17.5 Å². The van der Waals surface area contributed by atoms with Gasteiger partial charge in [0.2, 0.25) is 0 Å². The lowest BCUT2D eigenvalue weighted by molar-refractivity contribution is 0.0989. The van der Waals surface area contributed by atoms with Crippen molar-refractivity contribution in [2.75, 3.05) is 11.9 Å². The van der Waals surface area contributed by atoms with Crippen LogP contribution in [-0.2, 0) is 29.2 Å². The van der Waals surface area contributed by atoms with E-state index in [-0.39, 0.29) is 35.9 Å². The number of ether oxygens (including phenoxy) is 2. The SMILES string of the molecule is CCO/C=C/c1nc(-n2nc(COCc3ccccc3)n(CC)c2=O)c(F)cc1C(=O)Nc1cc(C)ccc1F. The van der Waals surface area contributed by atoms with Crippen LogP contribution in [-0.4, -0.2) is 31.8 Å². The summed E-state index contributed by atoms with van der Waals surface area (Å²) in [5, 5.41) is 6.73. The van der Waals surface area contributed by atoms with Crippen molar-refractivity contribution in [1.29, 1.82) is 0 Å². The molecule has 0 fully saturated rings. The maximum Gasteiger partial charge on any atom is 0.352 e. The van der Waals surface area contributed by atoms with Crippen LogP contribution < -0.4 is 11.0 Å². The van der Waals surface area contributed by atoms with Gasteiger partial charge in [-0.25, -0.2) is 18.6 Å². The topological polar surface area (TPSA) is 100 Å². The first-order valence-corrected chi connectivity index (χ1v) is 12.7. The number of nitrogens with one attached hydrogen (secondary N) is 1. The number of aryl methyl sites for hydroxylation is 1. The number of hydrogen-bond donors (Lipinski definition) is 1. The van der Waals surface area contributed by atoms with Gasteiger partial charge in [0.05, 0.1) is 36.4 Å². The Morgan fingerprint density at radius 2 is 1.82 bits per heavy atom. The number of carbonyl (C=O) groups is 1. The lowest BCUT2D eigenvalue weighted by Gasteiger charge is -2.11. The normalized spacial score (nSPS) is 11.2. The fourth-order valence-corrected chi connectivity index (χ4v) is 3.92. The molecule has 0 saturated heterocycles. The predicted octanol–water partition coefficient (Wildman–Crippen LogP) is 5.01. The third kappa shape index (κ3) is 6.49. The summed E-state index contributed by atoms with van der Waals surface area (Å²) in [6, 6.07) is 14.7. The Morgan fingerprint density at radius 3 is 2.55 bits per heavy atom. The van der Waals surface area contributed by atoms with E-state index in [0.29, 0.717) is 13.2 Å². The van der Waals surface area contributed by atoms with Crippen molar-refractivity contribution in [2.24, 2.45) is 0 Å². The Labute approximate surface area is 229 Å². The number of halogens is 2. The van der Waals surface area contributed by atoms with Crippen molar-refractivity contribution < 1.29 is 23.0 Å². The van der Waals surface area contributed by atoms with Gasteiger partial charge in [-0.2, -0.15) is 4.68 Å². The quantitative estimate of drug-likeness (QED) is 0.264. The van der Waals surface area contributed by atoms with Gasteiger partial charge < -0.3 is 14.8 Å². The van der Waals surface area contributed by atoms with Crippen molar-refractivity contribution in [1.82, 2.24) is 19.3 Å². The number of aromatic nitrogens is 4. The van der Waals surface area contributed by atoms with Gasteiger partial charge in [-0.1, -0.05) is 36.4 Å². The van der Waals surface area contributed by atoms with Crippen LogP contribution in [0.1, 0.15) is 46.9 Å². The zero-order chi connectivity index (χ0) is 28.6. The lowest BCUT2D eigenvalue weighted by atomic mass is 10.1. The highest BCUT2D eigenvalue weighted by molar-refractivity contribution is 6.06. The molecule has 0 unspecified atom stereocenters. The van der Waals surface area contributed by atoms with E-state index in [9.17, 15) is 14.0 Å². The van der Waals surface area contributed by atoms with Crippen LogP contribution in [0.15, 0.2) is 65.7 Å². The van der Waals surface area contributed by atoms with Gasteiger partial charge in [0.1, 0.15) is 12.4 Å². The molecule has 2 heterocycles. The average molecular weight is 550 g/mol. The number of anilines is 1. The zero-order valence-electron chi connectivity index (χ0n) is 22.4. The summed E-state index contributed by atoms with van der Waals surface area (Å²) in [4.78, 5) is 30.5. The van der Waals surface area contributed by atoms with Gasteiger partial charge >= 0.3 is 5.69 Å². The molecule has 208 valence electrons. The molecular weight excluding hydrogens is 520 g/mol. The summed E-state index contributed by atoms with van der Waals surface area (Å²) in [5.74, 6) is -2.53. The molecule has 4 rings (SSSR count). The van der Waals surface area contributed by atoms with Crippen LogP contribution in [0.3, 0.4) is 0 Å². The van der Waals surface area contributed by atoms with Gasteiger partial charge in [0.25, 0.3) is 5.91 Å². The second-order valence-electron chi connectivity index (χ2n) is 8.76. The Balaban J connectivity index is 1.68. The number of nitrogens with zero attached hydrogens (tertiary/aromatic N) is 4. The highest BCUT2D eigenvalue weighted by Gasteiger charge is 2.22. The standard InChI is InChI=1S/C29H29F2N5O4/c1-4-35-26(18-40-17-20-9-7-6-8-10-20)34-36(29(35)38)27-23(31)16-21(24(32-27)13-14-39-5-2)28(37)33-25-15-19(3)11-12-22(25)30/h6-16H,4-5,17-18H2,1-3H3,(H,33,37)/b14-13+. The molecule has 4 aromatic rings. The fourth-order valence-electron chi connectivity index (χ4n) is 3.92. The molecule has 9 nitrogen and oxygen atoms in total. The molecule has 0 saturated carbocycles. The third-order valence-corrected chi connectivity index (χ3v) is 5.89. The molecule has 2 aromatic heterocycles. The van der Waals surface area contributed by atoms with E-state index in [1.807, 2.05) is 30.3 Å². The summed E-state index contributed by atoms with van der Waals surface area (Å²) in [6.07, 6.45) is 2.66. The summed E-state index contributed by atoms with van der Waals surface area (Å²) >= 11 is 0. The summed E-state index contributed by atoms with van der Waals surface area (Å²) < 4.78 is 42.9. The average Bonchev–Trinajstić information content (AvgIpc) is 3.26. The molecule has 0 aliphatic carbocycles. The van der Waals surface area contributed by atoms with Gasteiger partial charge in [-0.05, 0) is 56.2 Å². The summed E-state index contributed by atoms with van der Waals surface area (Å²) in [7, 11) is 0. The van der Waals surface area contributed by atoms with Crippen molar-refractivity contribution in [2.45, 2.75) is 40.5 Å². The minimum absolute atomic E-state index is 0.00441. The molecule has 1 amide bonds. The Kier molecular flexibility index (Phi) is 9.18. The molecule has 0 atom stereocenters. The monoisotopic (exact) mass is 549 g/mol. The van der Waals surface area contributed by atoms with Crippen molar-refractivity contribution >= 4 is 17.7 Å². The first-order valence-electron chi connectivity index (χ1n) is 12.7. The van der Waals surface area contributed by atoms with E-state index in [0.717, 1.165) is 21.9 Å². The molecular formula is C29H29F2N5O4. The predicted molar refractivity (Wildman–Crippen MR) is 146 cm³/mol. The Hall–Kier alpha value is -4.64. The van der Waals surface area contributed by atoms with Crippen molar-refractivity contribution in [3.05, 3.63) is 111 Å². The molecule has 0 bridgehead atoms. The van der Waals surface area contributed by atoms with E-state index in [2.05, 4.69) is 15.4 Å². The van der Waals surface area contributed by atoms with Gasteiger partial charge in [-0.15, -0.1) is 5.10 Å². The lowest BCUT2D eigenvalue weighted by Crippen LogP contribution is -2.26. The van der Waals surface area contributed by atoms with Crippen molar-refractivity contribution in [3.63, 3.8) is 0 Å². The van der Waals surface area contributed by atoms with Gasteiger partial charge in [0, 0.05) is 6.54 Å². The van der Waals surface area contributed by atoms with Crippen molar-refractivity contribution in [3.8, 4) is 5.82 Å². The van der Waals surface area contributed by atoms with Crippen LogP contribution >= 0.6 is 0 Å². The number of amides is 1. The minimum atomic E-state index is -0.969. The molecule has 0 spiro atoms. The molecule has 2 aromatic carbocycles. The smallest absolute Gasteiger partial charge is 0.352 e. The van der Waals surface area contributed by atoms with E-state index < -0.39 is 29.0 Å². The Morgan fingerprint density at radius 1 is 1.05 bits per heavy atom. The van der Waals surface area contributed by atoms with E-state index in [1.165, 1.54) is 29.0 Å².